The topological polar surface area (TPSA) is 81.7 Å². The number of ketones is 1. The maximum absolute atomic E-state index is 12.0. The molecule has 6 nitrogen and oxygen atoms in total. The summed E-state index contributed by atoms with van der Waals surface area (Å²) in [7, 11) is 1.47. The van der Waals surface area contributed by atoms with Gasteiger partial charge in [0.15, 0.2) is 12.4 Å². The molecule has 2 aromatic carbocycles. The van der Waals surface area contributed by atoms with E-state index in [2.05, 4.69) is 5.32 Å². The number of hydrogen-bond acceptors (Lipinski definition) is 5. The average molecular weight is 390 g/mol. The number of benzene rings is 2. The molecule has 0 spiro atoms. The highest BCUT2D eigenvalue weighted by molar-refractivity contribution is 6.31. The van der Waals surface area contributed by atoms with E-state index in [1.807, 2.05) is 6.07 Å². The molecule has 1 amide bonds. The van der Waals surface area contributed by atoms with Crippen molar-refractivity contribution in [3.8, 4) is 5.75 Å². The Bertz CT molecular complexity index is 850. The normalized spacial score (nSPS) is 10.2. The third-order valence-corrected chi connectivity index (χ3v) is 4.19. The summed E-state index contributed by atoms with van der Waals surface area (Å²) in [5.74, 6) is -0.680. The van der Waals surface area contributed by atoms with Crippen molar-refractivity contribution in [3.63, 3.8) is 0 Å². The molecule has 7 heteroatoms. The second-order valence-corrected chi connectivity index (χ2v) is 6.20. The Morgan fingerprint density at radius 3 is 2.48 bits per heavy atom. The highest BCUT2D eigenvalue weighted by Gasteiger charge is 2.14. The van der Waals surface area contributed by atoms with E-state index in [0.29, 0.717) is 21.9 Å². The standard InChI is InChI=1S/C20H20ClNO5/c1-13(23)14-7-8-18(26-2)16(9-14)10-20(25)27-12-19(24)22-11-15-5-3-4-6-17(15)21/h3-9H,10-12H2,1-2H3,(H,22,24). The van der Waals surface area contributed by atoms with Gasteiger partial charge in [0.05, 0.1) is 13.5 Å². The number of halogens is 1. The van der Waals surface area contributed by atoms with Gasteiger partial charge in [-0.3, -0.25) is 14.4 Å². The minimum Gasteiger partial charge on any atom is -0.496 e. The lowest BCUT2D eigenvalue weighted by Crippen LogP contribution is -2.28. The van der Waals surface area contributed by atoms with E-state index in [9.17, 15) is 14.4 Å². The predicted molar refractivity (Wildman–Crippen MR) is 101 cm³/mol. The zero-order chi connectivity index (χ0) is 19.8. The molecular formula is C20H20ClNO5. The van der Waals surface area contributed by atoms with Crippen LogP contribution in [0.25, 0.3) is 0 Å². The highest BCUT2D eigenvalue weighted by Crippen LogP contribution is 2.21. The molecule has 0 heterocycles. The second kappa shape index (κ2) is 9.73. The molecule has 0 bridgehead atoms. The van der Waals surface area contributed by atoms with E-state index in [-0.39, 0.29) is 18.7 Å². The number of Topliss-reactive ketones (excluding diaryl/α,β-unsaturated/α-hetero) is 1. The van der Waals surface area contributed by atoms with E-state index < -0.39 is 18.5 Å². The fourth-order valence-electron chi connectivity index (χ4n) is 2.37. The highest BCUT2D eigenvalue weighted by atomic mass is 35.5. The maximum atomic E-state index is 12.0. The predicted octanol–water partition coefficient (Wildman–Crippen LogP) is 2.95. The Labute approximate surface area is 162 Å². The van der Waals surface area contributed by atoms with Gasteiger partial charge >= 0.3 is 5.97 Å². The monoisotopic (exact) mass is 389 g/mol. The molecule has 142 valence electrons. The lowest BCUT2D eigenvalue weighted by Gasteiger charge is -2.10. The summed E-state index contributed by atoms with van der Waals surface area (Å²) in [5, 5.41) is 3.18. The summed E-state index contributed by atoms with van der Waals surface area (Å²) in [6.45, 7) is 1.27. The molecule has 0 fully saturated rings. The third-order valence-electron chi connectivity index (χ3n) is 3.82. The zero-order valence-electron chi connectivity index (χ0n) is 15.1. The first-order valence-electron chi connectivity index (χ1n) is 8.24. The van der Waals surface area contributed by atoms with Crippen molar-refractivity contribution in [2.75, 3.05) is 13.7 Å². The van der Waals surface area contributed by atoms with E-state index in [1.54, 1.807) is 36.4 Å². The van der Waals surface area contributed by atoms with Crippen molar-refractivity contribution >= 4 is 29.3 Å². The van der Waals surface area contributed by atoms with Crippen molar-refractivity contribution in [1.29, 1.82) is 0 Å². The number of nitrogens with one attached hydrogen (secondary N) is 1. The molecule has 0 aliphatic rings. The van der Waals surface area contributed by atoms with Gasteiger partial charge < -0.3 is 14.8 Å². The fourth-order valence-corrected chi connectivity index (χ4v) is 2.58. The summed E-state index contributed by atoms with van der Waals surface area (Å²) in [6, 6.07) is 12.0. The average Bonchev–Trinajstić information content (AvgIpc) is 2.65. The molecule has 0 radical (unpaired) electrons. The van der Waals surface area contributed by atoms with Gasteiger partial charge in [-0.2, -0.15) is 0 Å². The van der Waals surface area contributed by atoms with Crippen molar-refractivity contribution in [2.24, 2.45) is 0 Å². The van der Waals surface area contributed by atoms with Gasteiger partial charge in [-0.05, 0) is 36.8 Å². The molecule has 2 rings (SSSR count). The quantitative estimate of drug-likeness (QED) is 0.554. The zero-order valence-corrected chi connectivity index (χ0v) is 15.8. The van der Waals surface area contributed by atoms with Crippen molar-refractivity contribution in [2.45, 2.75) is 19.9 Å². The lowest BCUT2D eigenvalue weighted by atomic mass is 10.0. The minimum absolute atomic E-state index is 0.109. The largest absolute Gasteiger partial charge is 0.496 e. The van der Waals surface area contributed by atoms with Gasteiger partial charge in [-0.25, -0.2) is 0 Å². The first-order chi connectivity index (χ1) is 12.9. The maximum Gasteiger partial charge on any atom is 0.310 e. The van der Waals surface area contributed by atoms with Crippen LogP contribution >= 0.6 is 11.6 Å². The van der Waals surface area contributed by atoms with Crippen LogP contribution in [0.15, 0.2) is 42.5 Å². The molecule has 0 aliphatic carbocycles. The number of carbonyl (C=O) groups is 3. The summed E-state index contributed by atoms with van der Waals surface area (Å²) in [6.07, 6.45) is -0.109. The Balaban J connectivity index is 1.87. The Morgan fingerprint density at radius 1 is 1.07 bits per heavy atom. The second-order valence-electron chi connectivity index (χ2n) is 5.79. The van der Waals surface area contributed by atoms with Crippen LogP contribution in [0.3, 0.4) is 0 Å². The number of esters is 1. The number of rotatable bonds is 8. The van der Waals surface area contributed by atoms with Crippen LogP contribution in [0, 0.1) is 0 Å². The molecule has 2 aromatic rings. The number of carbonyl (C=O) groups excluding carboxylic acids is 3. The molecule has 27 heavy (non-hydrogen) atoms. The number of hydrogen-bond donors (Lipinski definition) is 1. The van der Waals surface area contributed by atoms with E-state index in [1.165, 1.54) is 14.0 Å². The molecule has 0 saturated heterocycles. The summed E-state index contributed by atoms with van der Waals surface area (Å²) in [5.41, 5.74) is 1.76. The molecule has 0 aliphatic heterocycles. The molecule has 0 saturated carbocycles. The number of methoxy groups -OCH3 is 1. The van der Waals surface area contributed by atoms with Gasteiger partial charge in [0, 0.05) is 22.7 Å². The summed E-state index contributed by atoms with van der Waals surface area (Å²) in [4.78, 5) is 35.4. The Kier molecular flexibility index (Phi) is 7.37. The van der Waals surface area contributed by atoms with Crippen LogP contribution < -0.4 is 10.1 Å². The van der Waals surface area contributed by atoms with Crippen LogP contribution in [0.1, 0.15) is 28.4 Å². The van der Waals surface area contributed by atoms with E-state index >= 15 is 0 Å². The SMILES string of the molecule is COc1ccc(C(C)=O)cc1CC(=O)OCC(=O)NCc1ccccc1Cl. The summed E-state index contributed by atoms with van der Waals surface area (Å²) >= 11 is 6.02. The summed E-state index contributed by atoms with van der Waals surface area (Å²) < 4.78 is 10.2. The first-order valence-corrected chi connectivity index (χ1v) is 8.62. The van der Waals surface area contributed by atoms with Crippen LogP contribution in [0.2, 0.25) is 5.02 Å². The van der Waals surface area contributed by atoms with E-state index in [0.717, 1.165) is 5.56 Å². The molecule has 0 aromatic heterocycles. The fraction of sp³-hybridized carbons (Fsp3) is 0.250. The van der Waals surface area contributed by atoms with Gasteiger partial charge in [-0.1, -0.05) is 29.8 Å². The molecule has 1 N–H and O–H groups in total. The molecular weight excluding hydrogens is 370 g/mol. The molecule has 0 unspecified atom stereocenters. The van der Waals surface area contributed by atoms with Crippen LogP contribution in [0.5, 0.6) is 5.75 Å². The third kappa shape index (κ3) is 6.11. The van der Waals surface area contributed by atoms with Gasteiger partial charge in [0.2, 0.25) is 0 Å². The van der Waals surface area contributed by atoms with Gasteiger partial charge in [0.25, 0.3) is 5.91 Å². The van der Waals surface area contributed by atoms with Crippen LogP contribution in [0.4, 0.5) is 0 Å². The van der Waals surface area contributed by atoms with Gasteiger partial charge in [-0.15, -0.1) is 0 Å². The Morgan fingerprint density at radius 2 is 1.81 bits per heavy atom. The number of ether oxygens (including phenoxy) is 2. The molecule has 0 atom stereocenters. The number of amides is 1. The lowest BCUT2D eigenvalue weighted by molar-refractivity contribution is -0.147. The Hall–Kier alpha value is -2.86. The van der Waals surface area contributed by atoms with Crippen LogP contribution in [-0.2, 0) is 27.3 Å². The van der Waals surface area contributed by atoms with Gasteiger partial charge in [0.1, 0.15) is 5.75 Å². The van der Waals surface area contributed by atoms with Crippen molar-refractivity contribution in [1.82, 2.24) is 5.32 Å². The van der Waals surface area contributed by atoms with Crippen LogP contribution in [-0.4, -0.2) is 31.4 Å². The van der Waals surface area contributed by atoms with Crippen molar-refractivity contribution in [3.05, 3.63) is 64.2 Å². The first kappa shape index (κ1) is 20.5. The van der Waals surface area contributed by atoms with E-state index in [4.69, 9.17) is 21.1 Å². The van der Waals surface area contributed by atoms with Crippen molar-refractivity contribution < 1.29 is 23.9 Å². The smallest absolute Gasteiger partial charge is 0.310 e. The minimum atomic E-state index is -0.595.